The third kappa shape index (κ3) is 9.84. The van der Waals surface area contributed by atoms with Crippen LogP contribution in [0.4, 0.5) is 21.9 Å². The first-order valence-corrected chi connectivity index (χ1v) is 16.2. The van der Waals surface area contributed by atoms with Gasteiger partial charge in [-0.1, -0.05) is 30.3 Å². The van der Waals surface area contributed by atoms with E-state index in [-0.39, 0.29) is 11.5 Å². The first-order chi connectivity index (χ1) is 25.2. The fraction of sp³-hybridized carbons (Fsp3) is 0.125. The molecule has 13 nitrogen and oxygen atoms in total. The van der Waals surface area contributed by atoms with Crippen LogP contribution in [0.25, 0.3) is 32.9 Å². The Hall–Kier alpha value is -6.99. The monoisotopic (exact) mass is 716 g/mol. The maximum Gasteiger partial charge on any atom is 0.409 e. The molecule has 0 saturated heterocycles. The molecular formula is C40H36N4O9. The molecule has 0 spiro atoms. The van der Waals surface area contributed by atoms with E-state index in [1.54, 1.807) is 43.3 Å². The predicted octanol–water partition coefficient (Wildman–Crippen LogP) is 6.48. The van der Waals surface area contributed by atoms with Crippen molar-refractivity contribution in [3.05, 3.63) is 157 Å². The molecule has 0 saturated carbocycles. The zero-order chi connectivity index (χ0) is 38.2. The van der Waals surface area contributed by atoms with E-state index >= 15 is 0 Å². The van der Waals surface area contributed by atoms with Crippen LogP contribution in [0.1, 0.15) is 22.3 Å². The summed E-state index contributed by atoms with van der Waals surface area (Å²) in [6.45, 7) is 5.51. The van der Waals surface area contributed by atoms with Gasteiger partial charge in [0.05, 0.1) is 6.04 Å². The van der Waals surface area contributed by atoms with Crippen molar-refractivity contribution in [2.45, 2.75) is 33.2 Å². The van der Waals surface area contributed by atoms with Crippen LogP contribution >= 0.6 is 0 Å². The number of rotatable bonds is 5. The minimum Gasteiger partial charge on any atom is -0.465 e. The molecule has 0 radical (unpaired) electrons. The molecule has 0 fully saturated rings. The topological polar surface area (TPSA) is 221 Å². The molecule has 13 heteroatoms. The van der Waals surface area contributed by atoms with Gasteiger partial charge in [-0.15, -0.1) is 0 Å². The van der Waals surface area contributed by atoms with E-state index in [1.165, 1.54) is 24.3 Å². The van der Waals surface area contributed by atoms with Gasteiger partial charge in [0.25, 0.3) is 0 Å². The van der Waals surface area contributed by atoms with E-state index in [4.69, 9.17) is 29.8 Å². The van der Waals surface area contributed by atoms with Crippen molar-refractivity contribution in [2.24, 2.45) is 5.73 Å². The molecule has 0 aliphatic rings. The lowest BCUT2D eigenvalue weighted by Crippen LogP contribution is -2.37. The van der Waals surface area contributed by atoms with Crippen LogP contribution < -0.4 is 39.0 Å². The van der Waals surface area contributed by atoms with Crippen LogP contribution in [-0.4, -0.2) is 23.1 Å². The largest absolute Gasteiger partial charge is 0.465 e. The van der Waals surface area contributed by atoms with Crippen molar-refractivity contribution in [3.63, 3.8) is 0 Å². The van der Waals surface area contributed by atoms with E-state index < -0.39 is 23.4 Å². The number of carbonyl (C=O) groups excluding carboxylic acids is 1. The number of hydrogen-bond acceptors (Lipinski definition) is 10. The molecular weight excluding hydrogens is 680 g/mol. The highest BCUT2D eigenvalue weighted by molar-refractivity contribution is 5.97. The number of benzene rings is 4. The quantitative estimate of drug-likeness (QED) is 0.0957. The van der Waals surface area contributed by atoms with Crippen LogP contribution in [0, 0.1) is 20.8 Å². The highest BCUT2D eigenvalue weighted by atomic mass is 16.4. The second kappa shape index (κ2) is 16.4. The fourth-order valence-electron chi connectivity index (χ4n) is 5.47. The lowest BCUT2D eigenvalue weighted by molar-refractivity contribution is -0.117. The molecule has 2 amide bonds. The first-order valence-electron chi connectivity index (χ1n) is 16.2. The van der Waals surface area contributed by atoms with Gasteiger partial charge in [-0.2, -0.15) is 0 Å². The lowest BCUT2D eigenvalue weighted by Gasteiger charge is -2.13. The number of fused-ring (bicyclic) bond motifs is 3. The van der Waals surface area contributed by atoms with Gasteiger partial charge in [0, 0.05) is 69.6 Å². The molecule has 7 N–H and O–H groups in total. The normalized spacial score (nSPS) is 11.2. The number of nitrogens with one attached hydrogen (secondary N) is 2. The van der Waals surface area contributed by atoms with Crippen molar-refractivity contribution < 1.29 is 27.9 Å². The Morgan fingerprint density at radius 3 is 1.53 bits per heavy atom. The number of nitrogen functional groups attached to an aromatic ring is 1. The number of anilines is 3. The summed E-state index contributed by atoms with van der Waals surface area (Å²) in [7, 11) is 0. The van der Waals surface area contributed by atoms with E-state index in [1.807, 2.05) is 56.3 Å². The van der Waals surface area contributed by atoms with E-state index in [0.717, 1.165) is 38.4 Å². The molecule has 0 bridgehead atoms. The van der Waals surface area contributed by atoms with Gasteiger partial charge in [0.15, 0.2) is 0 Å². The summed E-state index contributed by atoms with van der Waals surface area (Å²) in [5.74, 6) is -0.284. The maximum atomic E-state index is 12.3. The van der Waals surface area contributed by atoms with Crippen LogP contribution in [0.5, 0.6) is 0 Å². The Morgan fingerprint density at radius 2 is 1.06 bits per heavy atom. The maximum absolute atomic E-state index is 12.3. The molecule has 270 valence electrons. The number of hydrogen-bond donors (Lipinski definition) is 5. The van der Waals surface area contributed by atoms with Gasteiger partial charge in [0.2, 0.25) is 5.91 Å². The molecule has 0 aliphatic carbocycles. The van der Waals surface area contributed by atoms with E-state index in [2.05, 4.69) is 10.6 Å². The summed E-state index contributed by atoms with van der Waals surface area (Å²) in [5, 5.41) is 16.0. The van der Waals surface area contributed by atoms with Crippen molar-refractivity contribution in [3.8, 4) is 0 Å². The molecule has 7 rings (SSSR count). The van der Waals surface area contributed by atoms with Gasteiger partial charge >= 0.3 is 23.0 Å². The molecule has 53 heavy (non-hydrogen) atoms. The van der Waals surface area contributed by atoms with Gasteiger partial charge in [-0.3, -0.25) is 10.1 Å². The minimum absolute atomic E-state index is 0.284. The Bertz CT molecular complexity index is 2630. The SMILES string of the molecule is Cc1cc(=O)oc2cc(N)ccc12.Cc1cc(=O)oc2cc(NC(=O)C(N)Cc3ccccc3)ccc12.Cc1cc(=O)oc2cc(NC(=O)O)ccc12. The van der Waals surface area contributed by atoms with Crippen LogP contribution in [0.2, 0.25) is 0 Å². The van der Waals surface area contributed by atoms with Crippen LogP contribution in [0.3, 0.4) is 0 Å². The van der Waals surface area contributed by atoms with Crippen molar-refractivity contribution in [2.75, 3.05) is 16.4 Å². The second-order valence-corrected chi connectivity index (χ2v) is 12.1. The van der Waals surface area contributed by atoms with Gasteiger partial charge in [-0.05, 0) is 85.8 Å². The summed E-state index contributed by atoms with van der Waals surface area (Å²) < 4.78 is 15.1. The molecule has 0 aliphatic heterocycles. The summed E-state index contributed by atoms with van der Waals surface area (Å²) in [5.41, 5.74) is 16.7. The number of nitrogens with two attached hydrogens (primary N) is 2. The summed E-state index contributed by atoms with van der Waals surface area (Å²) in [6.07, 6.45) is -0.705. The minimum atomic E-state index is -1.16. The third-order valence-corrected chi connectivity index (χ3v) is 8.03. The number of amides is 2. The number of carbonyl (C=O) groups is 2. The summed E-state index contributed by atoms with van der Waals surface area (Å²) in [4.78, 5) is 56.3. The lowest BCUT2D eigenvalue weighted by atomic mass is 10.1. The van der Waals surface area contributed by atoms with E-state index in [0.29, 0.717) is 40.2 Å². The molecule has 1 atom stereocenters. The number of aryl methyl sites for hydroxylation is 3. The van der Waals surface area contributed by atoms with Gasteiger partial charge in [0.1, 0.15) is 16.7 Å². The van der Waals surface area contributed by atoms with E-state index in [9.17, 15) is 24.0 Å². The fourth-order valence-corrected chi connectivity index (χ4v) is 5.47. The van der Waals surface area contributed by atoms with Gasteiger partial charge in [-0.25, -0.2) is 19.2 Å². The smallest absolute Gasteiger partial charge is 0.409 e. The zero-order valence-corrected chi connectivity index (χ0v) is 29.0. The molecule has 1 unspecified atom stereocenters. The highest BCUT2D eigenvalue weighted by Gasteiger charge is 2.15. The van der Waals surface area contributed by atoms with Crippen LogP contribution in [-0.2, 0) is 11.2 Å². The van der Waals surface area contributed by atoms with Gasteiger partial charge < -0.3 is 35.1 Å². The first kappa shape index (κ1) is 37.3. The predicted molar refractivity (Wildman–Crippen MR) is 204 cm³/mol. The van der Waals surface area contributed by atoms with Crippen molar-refractivity contribution >= 4 is 62.0 Å². The standard InChI is InChI=1S/C19H18N2O3.C11H9NO4.C10H9NO2/c1-12-9-18(22)24-17-11-14(7-8-15(12)17)21-19(23)16(20)10-13-5-3-2-4-6-13;1-6-4-10(13)16-9-5-7(12-11(14)15)2-3-8(6)9;1-6-4-10(12)13-9-5-7(11)2-3-8(6)9/h2-9,11,16H,10,20H2,1H3,(H,21,23);2-5,12H,1H3,(H,14,15);2-5H,11H2,1H3. The average molecular weight is 717 g/mol. The summed E-state index contributed by atoms with van der Waals surface area (Å²) >= 11 is 0. The third-order valence-electron chi connectivity index (χ3n) is 8.03. The Labute approximate surface area is 301 Å². The highest BCUT2D eigenvalue weighted by Crippen LogP contribution is 2.22. The summed E-state index contributed by atoms with van der Waals surface area (Å²) in [6, 6.07) is 28.6. The van der Waals surface area contributed by atoms with Crippen LogP contribution in [0.15, 0.2) is 131 Å². The molecule has 3 heterocycles. The Balaban J connectivity index is 0.000000162. The second-order valence-electron chi connectivity index (χ2n) is 12.1. The zero-order valence-electron chi connectivity index (χ0n) is 29.0. The van der Waals surface area contributed by atoms with Crippen molar-refractivity contribution in [1.82, 2.24) is 0 Å². The van der Waals surface area contributed by atoms with Crippen molar-refractivity contribution in [1.29, 1.82) is 0 Å². The Morgan fingerprint density at radius 1 is 0.623 bits per heavy atom. The average Bonchev–Trinajstić information content (AvgIpc) is 3.08. The molecule has 3 aromatic heterocycles. The molecule has 7 aromatic rings. The molecule has 4 aromatic carbocycles. The number of carboxylic acid groups (broad SMARTS) is 1. The Kier molecular flexibility index (Phi) is 11.5.